The lowest BCUT2D eigenvalue weighted by Crippen LogP contribution is -2.43. The van der Waals surface area contributed by atoms with Gasteiger partial charge in [0.2, 0.25) is 5.91 Å². The van der Waals surface area contributed by atoms with Crippen molar-refractivity contribution in [1.29, 1.82) is 5.26 Å². The van der Waals surface area contributed by atoms with Crippen LogP contribution in [0.1, 0.15) is 47.2 Å². The van der Waals surface area contributed by atoms with Gasteiger partial charge >= 0.3 is 0 Å². The predicted octanol–water partition coefficient (Wildman–Crippen LogP) is 4.12. The van der Waals surface area contributed by atoms with Crippen molar-refractivity contribution in [3.63, 3.8) is 0 Å². The molecule has 1 aliphatic heterocycles. The Bertz CT molecular complexity index is 1370. The smallest absolute Gasteiger partial charge is 0.255 e. The highest BCUT2D eigenvalue weighted by molar-refractivity contribution is 5.99. The van der Waals surface area contributed by atoms with Gasteiger partial charge in [-0.05, 0) is 74.0 Å². The minimum Gasteiger partial charge on any atom is -0.369 e. The molecule has 4 rings (SSSR count). The molecule has 1 aliphatic rings. The second-order valence-electron chi connectivity index (χ2n) is 10.0. The van der Waals surface area contributed by atoms with Crippen LogP contribution in [0.15, 0.2) is 60.7 Å². The van der Waals surface area contributed by atoms with Gasteiger partial charge in [-0.1, -0.05) is 30.3 Å². The number of nitrogens with one attached hydrogen (secondary N) is 2. The maximum atomic E-state index is 13.6. The Balaban J connectivity index is 1.48. The Morgan fingerprint density at radius 2 is 2.00 bits per heavy atom. The molecule has 0 radical (unpaired) electrons. The van der Waals surface area contributed by atoms with Crippen LogP contribution in [0.2, 0.25) is 0 Å². The zero-order chi connectivity index (χ0) is 28.3. The number of hydrogen-bond donors (Lipinski definition) is 3. The van der Waals surface area contributed by atoms with E-state index < -0.39 is 0 Å². The van der Waals surface area contributed by atoms with Crippen LogP contribution in [0.25, 0.3) is 11.3 Å². The van der Waals surface area contributed by atoms with Crippen molar-refractivity contribution in [1.82, 2.24) is 15.2 Å². The van der Waals surface area contributed by atoms with Crippen LogP contribution < -0.4 is 16.4 Å². The van der Waals surface area contributed by atoms with Gasteiger partial charge in [0.15, 0.2) is 0 Å². The molecule has 2 aromatic carbocycles. The molecule has 2 amide bonds. The number of amides is 2. The average Bonchev–Trinajstić information content (AvgIpc) is 2.98. The van der Waals surface area contributed by atoms with Crippen molar-refractivity contribution in [3.05, 3.63) is 83.2 Å². The summed E-state index contributed by atoms with van der Waals surface area (Å²) in [4.78, 5) is 32.4. The molecule has 1 saturated heterocycles. The summed E-state index contributed by atoms with van der Waals surface area (Å²) in [5.74, 6) is 0.101. The summed E-state index contributed by atoms with van der Waals surface area (Å²) in [5, 5.41) is 15.8. The number of nitrogens with zero attached hydrogens (tertiary/aromatic N) is 3. The van der Waals surface area contributed by atoms with Gasteiger partial charge in [0.05, 0.1) is 22.9 Å². The van der Waals surface area contributed by atoms with Crippen molar-refractivity contribution < 1.29 is 14.0 Å². The van der Waals surface area contributed by atoms with Gasteiger partial charge in [-0.3, -0.25) is 9.59 Å². The van der Waals surface area contributed by atoms with Crippen molar-refractivity contribution in [3.8, 4) is 17.3 Å². The van der Waals surface area contributed by atoms with Crippen molar-refractivity contribution >= 4 is 17.6 Å². The fourth-order valence-corrected chi connectivity index (χ4v) is 4.95. The maximum Gasteiger partial charge on any atom is 0.255 e. The molecule has 0 unspecified atom stereocenters. The number of pyridine rings is 1. The molecule has 8 nitrogen and oxygen atoms in total. The number of carbonyl (C=O) groups is 2. The van der Waals surface area contributed by atoms with Crippen molar-refractivity contribution in [2.75, 3.05) is 38.0 Å². The molecule has 0 saturated carbocycles. The summed E-state index contributed by atoms with van der Waals surface area (Å²) in [6, 6.07) is 19.2. The van der Waals surface area contributed by atoms with Crippen LogP contribution in [0, 0.1) is 23.1 Å². The molecule has 4 N–H and O–H groups in total. The molecule has 0 aliphatic carbocycles. The molecule has 3 aromatic rings. The van der Waals surface area contributed by atoms with Gasteiger partial charge in [-0.25, -0.2) is 9.37 Å². The van der Waals surface area contributed by atoms with E-state index in [1.165, 1.54) is 12.1 Å². The maximum absolute atomic E-state index is 13.6. The number of nitrogens with two attached hydrogens (primary N) is 1. The lowest BCUT2D eigenvalue weighted by atomic mass is 9.97. The second-order valence-corrected chi connectivity index (χ2v) is 10.0. The predicted molar refractivity (Wildman–Crippen MR) is 153 cm³/mol. The lowest BCUT2D eigenvalue weighted by Gasteiger charge is -2.33. The van der Waals surface area contributed by atoms with Crippen LogP contribution in [0.5, 0.6) is 0 Å². The summed E-state index contributed by atoms with van der Waals surface area (Å²) in [5.41, 5.74) is 8.48. The first kappa shape index (κ1) is 28.7. The Hall–Kier alpha value is -4.29. The molecule has 1 atom stereocenters. The summed E-state index contributed by atoms with van der Waals surface area (Å²) in [7, 11) is 0. The number of aromatic nitrogens is 1. The van der Waals surface area contributed by atoms with E-state index in [1.54, 1.807) is 30.3 Å². The summed E-state index contributed by atoms with van der Waals surface area (Å²) in [6.45, 7) is 2.73. The van der Waals surface area contributed by atoms with E-state index in [-0.39, 0.29) is 23.5 Å². The average molecular weight is 543 g/mol. The minimum absolute atomic E-state index is 0.115. The molecule has 40 heavy (non-hydrogen) atoms. The van der Waals surface area contributed by atoms with Gasteiger partial charge in [0.25, 0.3) is 5.91 Å². The quantitative estimate of drug-likeness (QED) is 0.335. The van der Waals surface area contributed by atoms with Crippen LogP contribution in [0.4, 0.5) is 10.2 Å². The zero-order valence-corrected chi connectivity index (χ0v) is 22.5. The first-order valence-corrected chi connectivity index (χ1v) is 13.7. The number of hydrogen-bond acceptors (Lipinski definition) is 6. The minimum atomic E-state index is -0.298. The van der Waals surface area contributed by atoms with Crippen LogP contribution in [-0.2, 0) is 11.2 Å². The van der Waals surface area contributed by atoms with Crippen molar-refractivity contribution in [2.24, 2.45) is 11.7 Å². The highest BCUT2D eigenvalue weighted by Gasteiger charge is 2.24. The molecule has 1 fully saturated rings. The fraction of sp³-hybridized carbons (Fsp3) is 0.355. The van der Waals surface area contributed by atoms with Crippen LogP contribution in [-0.4, -0.2) is 54.4 Å². The largest absolute Gasteiger partial charge is 0.369 e. The molecule has 9 heteroatoms. The van der Waals surface area contributed by atoms with E-state index >= 15 is 0 Å². The molecular formula is C31H35FN6O2. The fourth-order valence-electron chi connectivity index (χ4n) is 4.95. The van der Waals surface area contributed by atoms with E-state index in [4.69, 9.17) is 10.7 Å². The van der Waals surface area contributed by atoms with Gasteiger partial charge in [-0.15, -0.1) is 0 Å². The van der Waals surface area contributed by atoms with Crippen LogP contribution in [0.3, 0.4) is 0 Å². The SMILES string of the molecule is N#Cc1ccccc1-c1ccc(C(=O)NC[C@H]2CCCN(C(=O)CCCN)C2)c(NCCc2cccc(F)c2)n1. The monoisotopic (exact) mass is 542 g/mol. The Morgan fingerprint density at radius 1 is 1.15 bits per heavy atom. The topological polar surface area (TPSA) is 124 Å². The zero-order valence-electron chi connectivity index (χ0n) is 22.5. The number of nitriles is 1. The van der Waals surface area contributed by atoms with Gasteiger partial charge in [-0.2, -0.15) is 5.26 Å². The Morgan fingerprint density at radius 3 is 2.80 bits per heavy atom. The molecule has 2 heterocycles. The Labute approximate surface area is 234 Å². The summed E-state index contributed by atoms with van der Waals surface area (Å²) in [6.07, 6.45) is 3.49. The van der Waals surface area contributed by atoms with E-state index in [9.17, 15) is 19.2 Å². The second kappa shape index (κ2) is 14.2. The number of anilines is 1. The normalized spacial score (nSPS) is 14.8. The van der Waals surface area contributed by atoms with E-state index in [2.05, 4.69) is 16.7 Å². The number of carbonyl (C=O) groups excluding carboxylic acids is 2. The highest BCUT2D eigenvalue weighted by Crippen LogP contribution is 2.25. The van der Waals surface area contributed by atoms with Crippen molar-refractivity contribution in [2.45, 2.75) is 32.1 Å². The van der Waals surface area contributed by atoms with Gasteiger partial charge in [0, 0.05) is 38.2 Å². The number of likely N-dealkylation sites (tertiary alicyclic amines) is 1. The van der Waals surface area contributed by atoms with Gasteiger partial charge < -0.3 is 21.3 Å². The first-order valence-electron chi connectivity index (χ1n) is 13.7. The summed E-state index contributed by atoms with van der Waals surface area (Å²) < 4.78 is 13.6. The molecule has 0 spiro atoms. The third-order valence-electron chi connectivity index (χ3n) is 7.08. The van der Waals surface area contributed by atoms with E-state index in [0.29, 0.717) is 73.6 Å². The number of rotatable bonds is 11. The van der Waals surface area contributed by atoms with Gasteiger partial charge in [0.1, 0.15) is 11.6 Å². The summed E-state index contributed by atoms with van der Waals surface area (Å²) >= 11 is 0. The third-order valence-corrected chi connectivity index (χ3v) is 7.08. The standard InChI is InChI=1S/C31H35FN6O2/c32-25-9-3-6-22(18-25)14-16-35-30-27(12-13-28(37-30)26-10-2-1-8-24(26)19-34)31(40)36-20-23-7-5-17-38(21-23)29(39)11-4-15-33/h1-3,6,8-10,12-13,18,23H,4-5,7,11,14-17,20-21,33H2,(H,35,37)(H,36,40)/t23-/m1/s1. The molecule has 208 valence electrons. The lowest BCUT2D eigenvalue weighted by molar-refractivity contribution is -0.133. The first-order chi connectivity index (χ1) is 19.5. The third kappa shape index (κ3) is 7.64. The van der Waals surface area contributed by atoms with Crippen LogP contribution >= 0.6 is 0 Å². The Kier molecular flexibility index (Phi) is 10.2. The number of benzene rings is 2. The molecule has 0 bridgehead atoms. The number of piperidine rings is 1. The number of halogens is 1. The molecular weight excluding hydrogens is 507 g/mol. The molecule has 1 aromatic heterocycles. The highest BCUT2D eigenvalue weighted by atomic mass is 19.1. The van der Waals surface area contributed by atoms with E-state index in [0.717, 1.165) is 24.9 Å². The van der Waals surface area contributed by atoms with E-state index in [1.807, 2.05) is 23.1 Å².